The van der Waals surface area contributed by atoms with Crippen LogP contribution in [0.4, 0.5) is 0 Å². The van der Waals surface area contributed by atoms with Crippen molar-refractivity contribution in [3.05, 3.63) is 46.0 Å². The molecular formula is C17H19NO3. The molecule has 0 radical (unpaired) electrons. The van der Waals surface area contributed by atoms with E-state index < -0.39 is 11.5 Å². The van der Waals surface area contributed by atoms with Gasteiger partial charge in [0, 0.05) is 16.4 Å². The molecule has 21 heavy (non-hydrogen) atoms. The summed E-state index contributed by atoms with van der Waals surface area (Å²) < 4.78 is 0. The lowest BCUT2D eigenvalue weighted by Gasteiger charge is -2.56. The molecule has 1 aromatic rings. The molecule has 0 heterocycles. The predicted molar refractivity (Wildman–Crippen MR) is 77.5 cm³/mol. The van der Waals surface area contributed by atoms with Gasteiger partial charge in [-0.15, -0.1) is 0 Å². The van der Waals surface area contributed by atoms with Crippen LogP contribution < -0.4 is 0 Å². The van der Waals surface area contributed by atoms with Gasteiger partial charge >= 0.3 is 0 Å². The van der Waals surface area contributed by atoms with Gasteiger partial charge in [-0.05, 0) is 43.9 Å². The van der Waals surface area contributed by atoms with Crippen molar-refractivity contribution in [2.24, 2.45) is 23.2 Å². The van der Waals surface area contributed by atoms with Gasteiger partial charge in [0.05, 0.1) is 0 Å². The maximum Gasteiger partial charge on any atom is 0.228 e. The van der Waals surface area contributed by atoms with Gasteiger partial charge in [-0.25, -0.2) is 0 Å². The Kier molecular flexibility index (Phi) is 2.72. The molecule has 0 N–H and O–H groups in total. The fourth-order valence-corrected chi connectivity index (χ4v) is 5.58. The van der Waals surface area contributed by atoms with Gasteiger partial charge in [0.15, 0.2) is 5.78 Å². The minimum atomic E-state index is -0.737. The molecule has 0 spiro atoms. The van der Waals surface area contributed by atoms with Crippen LogP contribution in [0.5, 0.6) is 0 Å². The van der Waals surface area contributed by atoms with Crippen LogP contribution >= 0.6 is 0 Å². The van der Waals surface area contributed by atoms with Gasteiger partial charge in [0.2, 0.25) is 6.04 Å². The van der Waals surface area contributed by atoms with Crippen molar-refractivity contribution in [1.82, 2.24) is 0 Å². The molecule has 4 aliphatic carbocycles. The van der Waals surface area contributed by atoms with Gasteiger partial charge in [0.25, 0.3) is 0 Å². The third kappa shape index (κ3) is 1.78. The van der Waals surface area contributed by atoms with Crippen molar-refractivity contribution in [2.45, 2.75) is 38.1 Å². The highest BCUT2D eigenvalue weighted by Gasteiger charge is 2.66. The number of rotatable bonds is 3. The van der Waals surface area contributed by atoms with Crippen molar-refractivity contribution in [3.8, 4) is 0 Å². The van der Waals surface area contributed by atoms with Crippen molar-refractivity contribution in [3.63, 3.8) is 0 Å². The summed E-state index contributed by atoms with van der Waals surface area (Å²) in [6.07, 6.45) is 4.52. The van der Waals surface area contributed by atoms with Gasteiger partial charge in [-0.3, -0.25) is 14.9 Å². The summed E-state index contributed by atoms with van der Waals surface area (Å²) in [5.41, 5.74) is -0.0918. The number of nitro groups is 1. The number of hydrogen-bond donors (Lipinski definition) is 0. The second kappa shape index (κ2) is 4.39. The molecule has 110 valence electrons. The normalized spacial score (nSPS) is 40.2. The highest BCUT2D eigenvalue weighted by atomic mass is 16.6. The predicted octanol–water partition coefficient (Wildman–Crippen LogP) is 3.34. The number of carbonyl (C=O) groups is 1. The maximum absolute atomic E-state index is 13.1. The standard InChI is InChI=1S/C17H19NO3/c19-16(13-4-2-1-3-5-13)17-9-11-6-12(10-17)8-14(7-11)15(17)18(20)21/h1-5,11-12,14-15H,6-10H2. The second-order valence-electron chi connectivity index (χ2n) is 7.19. The van der Waals surface area contributed by atoms with Crippen LogP contribution in [0.25, 0.3) is 0 Å². The molecule has 4 heteroatoms. The van der Waals surface area contributed by atoms with Crippen molar-refractivity contribution in [1.29, 1.82) is 0 Å². The Labute approximate surface area is 123 Å². The Bertz CT molecular complexity index is 583. The minimum absolute atomic E-state index is 0.0175. The molecule has 0 aromatic heterocycles. The van der Waals surface area contributed by atoms with Crippen LogP contribution in [0.3, 0.4) is 0 Å². The molecule has 1 aromatic carbocycles. The van der Waals surface area contributed by atoms with Gasteiger partial charge in [-0.1, -0.05) is 30.3 Å². The fraction of sp³-hybridized carbons (Fsp3) is 0.588. The van der Waals surface area contributed by atoms with E-state index in [-0.39, 0.29) is 16.6 Å². The van der Waals surface area contributed by atoms with E-state index in [4.69, 9.17) is 0 Å². The first-order valence-electron chi connectivity index (χ1n) is 7.83. The summed E-state index contributed by atoms with van der Waals surface area (Å²) in [5, 5.41) is 11.7. The summed E-state index contributed by atoms with van der Waals surface area (Å²) in [5.74, 6) is 1.17. The van der Waals surface area contributed by atoms with Crippen molar-refractivity contribution < 1.29 is 9.72 Å². The summed E-state index contributed by atoms with van der Waals surface area (Å²) in [7, 11) is 0. The highest BCUT2D eigenvalue weighted by molar-refractivity contribution is 6.01. The van der Waals surface area contributed by atoms with Crippen LogP contribution in [0.2, 0.25) is 0 Å². The first kappa shape index (κ1) is 13.0. The van der Waals surface area contributed by atoms with Gasteiger partial charge in [0.1, 0.15) is 5.41 Å². The molecule has 4 bridgehead atoms. The number of carbonyl (C=O) groups excluding carboxylic acids is 1. The van der Waals surface area contributed by atoms with Crippen LogP contribution in [-0.4, -0.2) is 16.7 Å². The molecular weight excluding hydrogens is 266 g/mol. The Morgan fingerprint density at radius 1 is 1.10 bits per heavy atom. The van der Waals surface area contributed by atoms with Crippen molar-refractivity contribution in [2.75, 3.05) is 0 Å². The van der Waals surface area contributed by atoms with E-state index >= 15 is 0 Å². The summed E-state index contributed by atoms with van der Waals surface area (Å²) in [4.78, 5) is 24.6. The third-order valence-electron chi connectivity index (χ3n) is 5.97. The zero-order valence-corrected chi connectivity index (χ0v) is 11.9. The summed E-state index contributed by atoms with van der Waals surface area (Å²) in [6.45, 7) is 0. The Balaban J connectivity index is 1.79. The summed E-state index contributed by atoms with van der Waals surface area (Å²) >= 11 is 0. The van der Waals surface area contributed by atoms with E-state index in [9.17, 15) is 14.9 Å². The van der Waals surface area contributed by atoms with E-state index in [1.807, 2.05) is 18.2 Å². The zero-order valence-electron chi connectivity index (χ0n) is 11.9. The molecule has 3 unspecified atom stereocenters. The minimum Gasteiger partial charge on any atom is -0.293 e. The number of ketones is 1. The van der Waals surface area contributed by atoms with E-state index in [1.54, 1.807) is 12.1 Å². The van der Waals surface area contributed by atoms with Crippen molar-refractivity contribution >= 4 is 5.78 Å². The SMILES string of the molecule is O=C(c1ccccc1)C12CC3CC(CC(C3)C1[N+](=O)[O-])C2. The molecule has 4 fully saturated rings. The average molecular weight is 285 g/mol. The lowest BCUT2D eigenvalue weighted by atomic mass is 9.46. The lowest BCUT2D eigenvalue weighted by molar-refractivity contribution is -0.560. The molecule has 4 aliphatic rings. The van der Waals surface area contributed by atoms with Crippen LogP contribution in [0, 0.1) is 33.3 Å². The maximum atomic E-state index is 13.1. The summed E-state index contributed by atoms with van der Waals surface area (Å²) in [6, 6.07) is 8.50. The van der Waals surface area contributed by atoms with E-state index in [2.05, 4.69) is 0 Å². The van der Waals surface area contributed by atoms with Crippen LogP contribution in [0.15, 0.2) is 30.3 Å². The first-order chi connectivity index (χ1) is 10.1. The Morgan fingerprint density at radius 3 is 2.29 bits per heavy atom. The monoisotopic (exact) mass is 285 g/mol. The van der Waals surface area contributed by atoms with Gasteiger partial charge < -0.3 is 0 Å². The van der Waals surface area contributed by atoms with Gasteiger partial charge in [-0.2, -0.15) is 0 Å². The molecule has 3 atom stereocenters. The van der Waals surface area contributed by atoms with E-state index in [1.165, 1.54) is 6.42 Å². The molecule has 5 rings (SSSR count). The Morgan fingerprint density at radius 2 is 1.71 bits per heavy atom. The van der Waals surface area contributed by atoms with Crippen LogP contribution in [-0.2, 0) is 0 Å². The number of nitrogens with zero attached hydrogens (tertiary/aromatic N) is 1. The number of hydrogen-bond acceptors (Lipinski definition) is 3. The van der Waals surface area contributed by atoms with E-state index in [0.29, 0.717) is 17.4 Å². The quantitative estimate of drug-likeness (QED) is 0.486. The smallest absolute Gasteiger partial charge is 0.228 e. The fourth-order valence-electron chi connectivity index (χ4n) is 5.58. The molecule has 0 saturated heterocycles. The first-order valence-corrected chi connectivity index (χ1v) is 7.83. The molecule has 0 amide bonds. The Hall–Kier alpha value is -1.71. The molecule has 4 nitrogen and oxygen atoms in total. The third-order valence-corrected chi connectivity index (χ3v) is 5.97. The largest absolute Gasteiger partial charge is 0.293 e. The average Bonchev–Trinajstić information content (AvgIpc) is 2.45. The number of benzene rings is 1. The lowest BCUT2D eigenvalue weighted by Crippen LogP contribution is -2.61. The highest BCUT2D eigenvalue weighted by Crippen LogP contribution is 2.61. The number of Topliss-reactive ketones (excluding diaryl/α,β-unsaturated/α-hetero) is 1. The van der Waals surface area contributed by atoms with Crippen LogP contribution in [0.1, 0.15) is 42.5 Å². The second-order valence-corrected chi connectivity index (χ2v) is 7.19. The topological polar surface area (TPSA) is 60.2 Å². The molecule has 0 aliphatic heterocycles. The zero-order chi connectivity index (χ0) is 14.6. The molecule has 4 saturated carbocycles. The van der Waals surface area contributed by atoms with E-state index in [0.717, 1.165) is 25.7 Å².